The maximum Gasteiger partial charge on any atom is 0.191 e. The van der Waals surface area contributed by atoms with Crippen LogP contribution in [-0.2, 0) is 4.74 Å². The van der Waals surface area contributed by atoms with Crippen molar-refractivity contribution in [1.29, 1.82) is 0 Å². The highest BCUT2D eigenvalue weighted by Crippen LogP contribution is 2.17. The predicted octanol–water partition coefficient (Wildman–Crippen LogP) is 2.30. The average Bonchev–Trinajstić information content (AvgIpc) is 2.42. The molecule has 2 N–H and O–H groups in total. The highest BCUT2D eigenvalue weighted by molar-refractivity contribution is 5.79. The lowest BCUT2D eigenvalue weighted by atomic mass is 9.96. The van der Waals surface area contributed by atoms with Crippen LogP contribution in [0.15, 0.2) is 4.99 Å². The summed E-state index contributed by atoms with van der Waals surface area (Å²) in [6.45, 7) is 1.87. The Balaban J connectivity index is 2.06. The molecular formula is C14H29N3O. The Labute approximate surface area is 112 Å². The Bertz CT molecular complexity index is 225. The van der Waals surface area contributed by atoms with Crippen LogP contribution in [0.1, 0.15) is 51.4 Å². The number of aliphatic imine (C=N–C) groups is 1. The molecule has 1 aliphatic carbocycles. The Morgan fingerprint density at radius 1 is 1.17 bits per heavy atom. The van der Waals surface area contributed by atoms with E-state index < -0.39 is 0 Å². The Hall–Kier alpha value is -0.770. The molecule has 1 aliphatic rings. The van der Waals surface area contributed by atoms with Crippen molar-refractivity contribution in [2.75, 3.05) is 27.3 Å². The first-order chi connectivity index (χ1) is 8.86. The maximum atomic E-state index is 5.03. The fraction of sp³-hybridized carbons (Fsp3) is 0.929. The van der Waals surface area contributed by atoms with Crippen molar-refractivity contribution < 1.29 is 4.74 Å². The molecule has 0 radical (unpaired) electrons. The third-order valence-corrected chi connectivity index (χ3v) is 3.49. The summed E-state index contributed by atoms with van der Waals surface area (Å²) in [5.41, 5.74) is 0. The number of hydrogen-bond acceptors (Lipinski definition) is 2. The molecule has 18 heavy (non-hydrogen) atoms. The van der Waals surface area contributed by atoms with Gasteiger partial charge in [0.25, 0.3) is 0 Å². The summed E-state index contributed by atoms with van der Waals surface area (Å²) in [5.74, 6) is 0.966. The zero-order chi connectivity index (χ0) is 13.1. The van der Waals surface area contributed by atoms with Crippen molar-refractivity contribution in [2.45, 2.75) is 57.4 Å². The second-order valence-corrected chi connectivity index (χ2v) is 5.03. The minimum Gasteiger partial charge on any atom is -0.385 e. The molecule has 1 saturated carbocycles. The highest BCUT2D eigenvalue weighted by atomic mass is 16.5. The molecular weight excluding hydrogens is 226 g/mol. The van der Waals surface area contributed by atoms with Crippen LogP contribution in [-0.4, -0.2) is 39.3 Å². The summed E-state index contributed by atoms with van der Waals surface area (Å²) in [7, 11) is 3.61. The van der Waals surface area contributed by atoms with Gasteiger partial charge in [0.05, 0.1) is 0 Å². The molecule has 0 aromatic carbocycles. The lowest BCUT2D eigenvalue weighted by Gasteiger charge is -2.24. The number of ether oxygens (including phenoxy) is 1. The molecule has 4 nitrogen and oxygen atoms in total. The highest BCUT2D eigenvalue weighted by Gasteiger charge is 2.13. The van der Waals surface area contributed by atoms with E-state index in [1.807, 2.05) is 7.05 Å². The Kier molecular flexibility index (Phi) is 8.65. The van der Waals surface area contributed by atoms with Crippen LogP contribution in [0.4, 0.5) is 0 Å². The number of methoxy groups -OCH3 is 1. The molecule has 0 spiro atoms. The summed E-state index contributed by atoms with van der Waals surface area (Å²) in [6, 6.07) is 0.624. The number of rotatable bonds is 7. The molecule has 0 heterocycles. The van der Waals surface area contributed by atoms with Gasteiger partial charge in [-0.2, -0.15) is 0 Å². The van der Waals surface area contributed by atoms with Gasteiger partial charge in [0.1, 0.15) is 0 Å². The molecule has 0 aromatic heterocycles. The minimum atomic E-state index is 0.624. The number of guanidine groups is 1. The topological polar surface area (TPSA) is 45.7 Å². The van der Waals surface area contributed by atoms with Crippen LogP contribution < -0.4 is 10.6 Å². The normalized spacial score (nSPS) is 17.8. The molecule has 0 bridgehead atoms. The van der Waals surface area contributed by atoms with Crippen LogP contribution in [0.2, 0.25) is 0 Å². The van der Waals surface area contributed by atoms with Crippen molar-refractivity contribution in [2.24, 2.45) is 4.99 Å². The fourth-order valence-electron chi connectivity index (χ4n) is 2.39. The van der Waals surface area contributed by atoms with Crippen molar-refractivity contribution in [1.82, 2.24) is 10.6 Å². The number of nitrogens with one attached hydrogen (secondary N) is 2. The van der Waals surface area contributed by atoms with Crippen molar-refractivity contribution >= 4 is 5.96 Å². The fourth-order valence-corrected chi connectivity index (χ4v) is 2.39. The molecule has 4 heteroatoms. The van der Waals surface area contributed by atoms with Gasteiger partial charge >= 0.3 is 0 Å². The van der Waals surface area contributed by atoms with E-state index in [0.717, 1.165) is 25.5 Å². The SMILES string of the molecule is CN=C(NCCCCCOC)NC1CCCCC1. The molecule has 0 amide bonds. The number of nitrogens with zero attached hydrogens (tertiary/aromatic N) is 1. The zero-order valence-corrected chi connectivity index (χ0v) is 12.0. The van der Waals surface area contributed by atoms with Crippen molar-refractivity contribution in [3.8, 4) is 0 Å². The van der Waals surface area contributed by atoms with E-state index in [0.29, 0.717) is 6.04 Å². The van der Waals surface area contributed by atoms with Gasteiger partial charge in [0, 0.05) is 33.4 Å². The van der Waals surface area contributed by atoms with Gasteiger partial charge in [-0.15, -0.1) is 0 Å². The quantitative estimate of drug-likeness (QED) is 0.417. The summed E-state index contributed by atoms with van der Waals surface area (Å²) in [6.07, 6.45) is 10.2. The monoisotopic (exact) mass is 255 g/mol. The predicted molar refractivity (Wildman–Crippen MR) is 77.1 cm³/mol. The molecule has 0 aliphatic heterocycles. The molecule has 106 valence electrons. The van der Waals surface area contributed by atoms with E-state index in [1.165, 1.54) is 44.9 Å². The molecule has 0 atom stereocenters. The maximum absolute atomic E-state index is 5.03. The second-order valence-electron chi connectivity index (χ2n) is 5.03. The third kappa shape index (κ3) is 6.84. The first-order valence-corrected chi connectivity index (χ1v) is 7.33. The minimum absolute atomic E-state index is 0.624. The van der Waals surface area contributed by atoms with Gasteiger partial charge < -0.3 is 15.4 Å². The summed E-state index contributed by atoms with van der Waals surface area (Å²) in [4.78, 5) is 4.29. The van der Waals surface area contributed by atoms with Gasteiger partial charge in [0.15, 0.2) is 5.96 Å². The van der Waals surface area contributed by atoms with Crippen LogP contribution in [0.25, 0.3) is 0 Å². The number of hydrogen-bond donors (Lipinski definition) is 2. The van der Waals surface area contributed by atoms with Gasteiger partial charge in [0.2, 0.25) is 0 Å². The van der Waals surface area contributed by atoms with Gasteiger partial charge in [-0.25, -0.2) is 0 Å². The first-order valence-electron chi connectivity index (χ1n) is 7.33. The largest absolute Gasteiger partial charge is 0.385 e. The zero-order valence-electron chi connectivity index (χ0n) is 12.0. The van der Waals surface area contributed by atoms with E-state index >= 15 is 0 Å². The van der Waals surface area contributed by atoms with Crippen LogP contribution in [0, 0.1) is 0 Å². The van der Waals surface area contributed by atoms with Crippen molar-refractivity contribution in [3.63, 3.8) is 0 Å². The smallest absolute Gasteiger partial charge is 0.191 e. The van der Waals surface area contributed by atoms with Gasteiger partial charge in [-0.1, -0.05) is 19.3 Å². The lowest BCUT2D eigenvalue weighted by molar-refractivity contribution is 0.192. The standard InChI is InChI=1S/C14H29N3O/c1-15-14(16-11-7-4-8-12-18-2)17-13-9-5-3-6-10-13/h13H,3-12H2,1-2H3,(H2,15,16,17). The Morgan fingerprint density at radius 3 is 2.61 bits per heavy atom. The van der Waals surface area contributed by atoms with E-state index in [-0.39, 0.29) is 0 Å². The van der Waals surface area contributed by atoms with Crippen LogP contribution in [0.5, 0.6) is 0 Å². The molecule has 0 aromatic rings. The molecule has 1 fully saturated rings. The lowest BCUT2D eigenvalue weighted by Crippen LogP contribution is -2.44. The van der Waals surface area contributed by atoms with E-state index in [2.05, 4.69) is 15.6 Å². The van der Waals surface area contributed by atoms with Gasteiger partial charge in [-0.3, -0.25) is 4.99 Å². The molecule has 1 rings (SSSR count). The average molecular weight is 255 g/mol. The molecule has 0 unspecified atom stereocenters. The van der Waals surface area contributed by atoms with Crippen molar-refractivity contribution in [3.05, 3.63) is 0 Å². The third-order valence-electron chi connectivity index (χ3n) is 3.49. The van der Waals surface area contributed by atoms with E-state index in [4.69, 9.17) is 4.74 Å². The van der Waals surface area contributed by atoms with E-state index in [1.54, 1.807) is 7.11 Å². The summed E-state index contributed by atoms with van der Waals surface area (Å²) >= 11 is 0. The van der Waals surface area contributed by atoms with Gasteiger partial charge in [-0.05, 0) is 32.1 Å². The summed E-state index contributed by atoms with van der Waals surface area (Å²) < 4.78 is 5.03. The Morgan fingerprint density at radius 2 is 1.94 bits per heavy atom. The second kappa shape index (κ2) is 10.2. The molecule has 0 saturated heterocycles. The first kappa shape index (κ1) is 15.3. The van der Waals surface area contributed by atoms with E-state index in [9.17, 15) is 0 Å². The van der Waals surface area contributed by atoms with Crippen LogP contribution in [0.3, 0.4) is 0 Å². The summed E-state index contributed by atoms with van der Waals surface area (Å²) in [5, 5.41) is 6.91. The van der Waals surface area contributed by atoms with Crippen LogP contribution >= 0.6 is 0 Å². The number of unbranched alkanes of at least 4 members (excludes halogenated alkanes) is 2.